The molecule has 2 aromatic carbocycles. The number of para-hydroxylation sites is 1. The fourth-order valence-electron chi connectivity index (χ4n) is 3.38. The van der Waals surface area contributed by atoms with Crippen LogP contribution in [0.25, 0.3) is 22.3 Å². The average molecular weight is 452 g/mol. The Hall–Kier alpha value is -3.85. The molecule has 9 heteroatoms. The number of methoxy groups -OCH3 is 3. The summed E-state index contributed by atoms with van der Waals surface area (Å²) in [5, 5.41) is 2.29. The molecule has 164 valence electrons. The van der Waals surface area contributed by atoms with Gasteiger partial charge in [-0.3, -0.25) is 15.0 Å². The lowest BCUT2D eigenvalue weighted by atomic mass is 10.1. The Morgan fingerprint density at radius 3 is 2.38 bits per heavy atom. The van der Waals surface area contributed by atoms with Crippen LogP contribution in [0.15, 0.2) is 58.7 Å². The molecule has 0 spiro atoms. The normalized spacial score (nSPS) is 10.7. The molecular formula is C23H21N3O5S. The summed E-state index contributed by atoms with van der Waals surface area (Å²) in [5.74, 6) is 1.13. The number of thiophene rings is 1. The zero-order valence-corrected chi connectivity index (χ0v) is 18.6. The van der Waals surface area contributed by atoms with E-state index in [0.717, 1.165) is 4.88 Å². The molecule has 0 fully saturated rings. The van der Waals surface area contributed by atoms with E-state index in [9.17, 15) is 9.59 Å². The van der Waals surface area contributed by atoms with Gasteiger partial charge >= 0.3 is 0 Å². The van der Waals surface area contributed by atoms with E-state index in [2.05, 4.69) is 10.4 Å². The summed E-state index contributed by atoms with van der Waals surface area (Å²) >= 11 is 1.47. The summed E-state index contributed by atoms with van der Waals surface area (Å²) in [6, 6.07) is 14.1. The van der Waals surface area contributed by atoms with E-state index in [-0.39, 0.29) is 23.7 Å². The third kappa shape index (κ3) is 4.02. The molecule has 4 aromatic rings. The molecule has 0 saturated heterocycles. The Morgan fingerprint density at radius 1 is 1.03 bits per heavy atom. The Kier molecular flexibility index (Phi) is 6.09. The fourth-order valence-corrected chi connectivity index (χ4v) is 4.08. The summed E-state index contributed by atoms with van der Waals surface area (Å²) in [4.78, 5) is 31.6. The predicted molar refractivity (Wildman–Crippen MR) is 123 cm³/mol. The van der Waals surface area contributed by atoms with Crippen molar-refractivity contribution in [1.29, 1.82) is 0 Å². The van der Waals surface area contributed by atoms with Gasteiger partial charge in [0.2, 0.25) is 11.7 Å². The molecule has 1 amide bonds. The van der Waals surface area contributed by atoms with Crippen LogP contribution in [0.4, 0.5) is 0 Å². The minimum Gasteiger partial charge on any atom is -0.493 e. The summed E-state index contributed by atoms with van der Waals surface area (Å²) in [5.41, 5.74) is 3.34. The van der Waals surface area contributed by atoms with Gasteiger partial charge in [0.15, 0.2) is 17.3 Å². The molecule has 0 aliphatic heterocycles. The molecule has 2 aromatic heterocycles. The average Bonchev–Trinajstić information content (AvgIpc) is 3.32. The van der Waals surface area contributed by atoms with E-state index in [4.69, 9.17) is 14.2 Å². The molecule has 4 rings (SSSR count). The third-order valence-corrected chi connectivity index (χ3v) is 5.73. The summed E-state index contributed by atoms with van der Waals surface area (Å²) < 4.78 is 17.4. The van der Waals surface area contributed by atoms with Crippen molar-refractivity contribution in [2.24, 2.45) is 0 Å². The zero-order chi connectivity index (χ0) is 22.7. The van der Waals surface area contributed by atoms with Gasteiger partial charge in [-0.2, -0.15) is 4.68 Å². The van der Waals surface area contributed by atoms with Crippen LogP contribution in [-0.4, -0.2) is 36.9 Å². The number of benzene rings is 2. The Balaban J connectivity index is 1.89. The number of carbonyl (C=O) groups is 1. The quantitative estimate of drug-likeness (QED) is 0.463. The van der Waals surface area contributed by atoms with Crippen LogP contribution in [0.5, 0.6) is 17.2 Å². The van der Waals surface area contributed by atoms with E-state index >= 15 is 0 Å². The molecule has 2 heterocycles. The van der Waals surface area contributed by atoms with E-state index in [1.807, 2.05) is 17.5 Å². The number of aromatic nitrogens is 2. The van der Waals surface area contributed by atoms with E-state index in [1.54, 1.807) is 36.4 Å². The number of fused-ring (bicyclic) bond motifs is 1. The van der Waals surface area contributed by atoms with Crippen molar-refractivity contribution in [2.75, 3.05) is 26.8 Å². The maximum absolute atomic E-state index is 13.3. The lowest BCUT2D eigenvalue weighted by Crippen LogP contribution is -2.35. The molecule has 0 aliphatic rings. The lowest BCUT2D eigenvalue weighted by molar-refractivity contribution is -0.116. The van der Waals surface area contributed by atoms with Gasteiger partial charge in [0, 0.05) is 10.4 Å². The first-order valence-corrected chi connectivity index (χ1v) is 10.6. The number of hydrogen-bond acceptors (Lipinski definition) is 7. The molecule has 0 radical (unpaired) electrons. The number of amides is 1. The molecular weight excluding hydrogens is 430 g/mol. The second kappa shape index (κ2) is 9.11. The van der Waals surface area contributed by atoms with Gasteiger partial charge in [-0.1, -0.05) is 18.2 Å². The van der Waals surface area contributed by atoms with Crippen LogP contribution in [0.3, 0.4) is 0 Å². The summed E-state index contributed by atoms with van der Waals surface area (Å²) in [7, 11) is 4.52. The standard InChI is InChI=1S/C23H21N3O5S/c1-29-18-11-14(12-19(30-2)21(18)31-3)22-24-17-9-5-4-8-16(17)23(28)26(22)25-20(27)13-15-7-6-10-32-15/h4-12H,13H2,1-3H3,(H,25,27). The Labute approximate surface area is 188 Å². The first kappa shape index (κ1) is 21.4. The molecule has 8 nitrogen and oxygen atoms in total. The number of ether oxygens (including phenoxy) is 3. The molecule has 0 atom stereocenters. The molecule has 0 aliphatic carbocycles. The van der Waals surface area contributed by atoms with Gasteiger partial charge in [0.25, 0.3) is 5.56 Å². The van der Waals surface area contributed by atoms with Gasteiger partial charge in [-0.15, -0.1) is 11.3 Å². The van der Waals surface area contributed by atoms with Crippen molar-refractivity contribution < 1.29 is 19.0 Å². The van der Waals surface area contributed by atoms with Crippen LogP contribution in [0, 0.1) is 0 Å². The second-order valence-electron chi connectivity index (χ2n) is 6.80. The Bertz CT molecular complexity index is 1310. The smallest absolute Gasteiger partial charge is 0.280 e. The first-order valence-electron chi connectivity index (χ1n) is 9.70. The van der Waals surface area contributed by atoms with Crippen molar-refractivity contribution in [3.63, 3.8) is 0 Å². The maximum atomic E-state index is 13.3. The number of hydrogen-bond donors (Lipinski definition) is 1. The van der Waals surface area contributed by atoms with Crippen molar-refractivity contribution in [2.45, 2.75) is 6.42 Å². The van der Waals surface area contributed by atoms with Crippen molar-refractivity contribution in [3.05, 3.63) is 69.1 Å². The SMILES string of the molecule is COc1cc(-c2nc3ccccc3c(=O)n2NC(=O)Cc2cccs2)cc(OC)c1OC. The highest BCUT2D eigenvalue weighted by molar-refractivity contribution is 7.10. The Morgan fingerprint density at radius 2 is 1.75 bits per heavy atom. The highest BCUT2D eigenvalue weighted by atomic mass is 32.1. The molecule has 0 bridgehead atoms. The number of nitrogens with zero attached hydrogens (tertiary/aromatic N) is 2. The third-order valence-electron chi connectivity index (χ3n) is 4.85. The summed E-state index contributed by atoms with van der Waals surface area (Å²) in [6.45, 7) is 0. The van der Waals surface area contributed by atoms with Crippen molar-refractivity contribution in [3.8, 4) is 28.6 Å². The van der Waals surface area contributed by atoms with Crippen molar-refractivity contribution >= 4 is 28.1 Å². The highest BCUT2D eigenvalue weighted by Crippen LogP contribution is 2.40. The van der Waals surface area contributed by atoms with Crippen molar-refractivity contribution in [1.82, 2.24) is 9.66 Å². The van der Waals surface area contributed by atoms with Gasteiger partial charge < -0.3 is 14.2 Å². The van der Waals surface area contributed by atoms with Crippen LogP contribution in [0.2, 0.25) is 0 Å². The molecule has 0 saturated carbocycles. The fraction of sp³-hybridized carbons (Fsp3) is 0.174. The second-order valence-corrected chi connectivity index (χ2v) is 7.83. The van der Waals surface area contributed by atoms with E-state index in [0.29, 0.717) is 33.7 Å². The largest absolute Gasteiger partial charge is 0.493 e. The minimum atomic E-state index is -0.390. The van der Waals surface area contributed by atoms with Gasteiger partial charge in [0.1, 0.15) is 0 Å². The predicted octanol–water partition coefficient (Wildman–Crippen LogP) is 3.46. The van der Waals surface area contributed by atoms with Crippen LogP contribution >= 0.6 is 11.3 Å². The van der Waals surface area contributed by atoms with Crippen LogP contribution in [-0.2, 0) is 11.2 Å². The van der Waals surface area contributed by atoms with E-state index in [1.165, 1.54) is 37.3 Å². The molecule has 1 N–H and O–H groups in total. The number of nitrogens with one attached hydrogen (secondary N) is 1. The number of carbonyl (C=O) groups excluding carboxylic acids is 1. The maximum Gasteiger partial charge on any atom is 0.280 e. The topological polar surface area (TPSA) is 91.7 Å². The van der Waals surface area contributed by atoms with Gasteiger partial charge in [-0.25, -0.2) is 4.98 Å². The molecule has 32 heavy (non-hydrogen) atoms. The molecule has 0 unspecified atom stereocenters. The lowest BCUT2D eigenvalue weighted by Gasteiger charge is -2.17. The van der Waals surface area contributed by atoms with Gasteiger partial charge in [-0.05, 0) is 35.7 Å². The van der Waals surface area contributed by atoms with E-state index < -0.39 is 0 Å². The zero-order valence-electron chi connectivity index (χ0n) is 17.7. The van der Waals surface area contributed by atoms with Gasteiger partial charge in [0.05, 0.1) is 38.7 Å². The van der Waals surface area contributed by atoms with Crippen LogP contribution < -0.4 is 25.2 Å². The monoisotopic (exact) mass is 451 g/mol. The highest BCUT2D eigenvalue weighted by Gasteiger charge is 2.20. The summed E-state index contributed by atoms with van der Waals surface area (Å²) in [6.07, 6.45) is 0.144. The number of rotatable bonds is 7. The minimum absolute atomic E-state index is 0.144. The van der Waals surface area contributed by atoms with Crippen LogP contribution in [0.1, 0.15) is 4.88 Å². The first-order chi connectivity index (χ1) is 15.5.